The highest BCUT2D eigenvalue weighted by molar-refractivity contribution is 5.98. The number of aromatic amines is 1. The first kappa shape index (κ1) is 13.2. The third-order valence-electron chi connectivity index (χ3n) is 3.12. The summed E-state index contributed by atoms with van der Waals surface area (Å²) in [6.45, 7) is 1.47. The van der Waals surface area contributed by atoms with E-state index in [0.717, 1.165) is 0 Å². The summed E-state index contributed by atoms with van der Waals surface area (Å²) in [6.07, 6.45) is 0.817. The van der Waals surface area contributed by atoms with Gasteiger partial charge in [-0.25, -0.2) is 4.79 Å². The van der Waals surface area contributed by atoms with Gasteiger partial charge in [0.05, 0.1) is 12.7 Å². The molecule has 2 rings (SSSR count). The van der Waals surface area contributed by atoms with E-state index in [9.17, 15) is 9.59 Å². The van der Waals surface area contributed by atoms with Crippen molar-refractivity contribution in [1.82, 2.24) is 9.55 Å². The zero-order valence-electron chi connectivity index (χ0n) is 10.3. The molecule has 18 heavy (non-hydrogen) atoms. The third-order valence-corrected chi connectivity index (χ3v) is 3.72. The molecule has 1 unspecified atom stereocenters. The number of H-pyrrole nitrogens is 1. The summed E-state index contributed by atoms with van der Waals surface area (Å²) < 4.78 is 12.2. The standard InChI is InChI=1S/C10H16N2O5Si/c1-5-3-12(10(15)11-9(5)14)8-2-6(17-18)7(4-13)16-8/h3,6-8,13H,2,4H2,1,18H3,(H,11,14,15)/t6?,7-,8-/m1/s1. The van der Waals surface area contributed by atoms with Crippen LogP contribution in [0.5, 0.6) is 0 Å². The van der Waals surface area contributed by atoms with Crippen LogP contribution in [-0.2, 0) is 9.16 Å². The Morgan fingerprint density at radius 3 is 2.94 bits per heavy atom. The highest BCUT2D eigenvalue weighted by Crippen LogP contribution is 2.28. The number of hydrogen-bond acceptors (Lipinski definition) is 5. The molecule has 7 nitrogen and oxygen atoms in total. The van der Waals surface area contributed by atoms with E-state index in [1.807, 2.05) is 0 Å². The molecule has 8 heteroatoms. The number of ether oxygens (including phenoxy) is 1. The molecule has 0 spiro atoms. The van der Waals surface area contributed by atoms with Gasteiger partial charge in [0.15, 0.2) is 0 Å². The van der Waals surface area contributed by atoms with Gasteiger partial charge < -0.3 is 14.3 Å². The van der Waals surface area contributed by atoms with Gasteiger partial charge >= 0.3 is 5.69 Å². The van der Waals surface area contributed by atoms with Crippen LogP contribution in [0.3, 0.4) is 0 Å². The van der Waals surface area contributed by atoms with Gasteiger partial charge in [-0.2, -0.15) is 0 Å². The summed E-state index contributed by atoms with van der Waals surface area (Å²) in [5, 5.41) is 9.17. The Morgan fingerprint density at radius 1 is 1.67 bits per heavy atom. The molecule has 2 N–H and O–H groups in total. The molecule has 100 valence electrons. The second-order valence-electron chi connectivity index (χ2n) is 4.30. The van der Waals surface area contributed by atoms with Crippen LogP contribution >= 0.6 is 0 Å². The molecule has 1 aliphatic rings. The van der Waals surface area contributed by atoms with Crippen molar-refractivity contribution in [2.75, 3.05) is 6.61 Å². The molecule has 0 aromatic carbocycles. The minimum atomic E-state index is -0.513. The third kappa shape index (κ3) is 2.32. The molecule has 1 aromatic rings. The first-order valence-electron chi connectivity index (χ1n) is 5.68. The second-order valence-corrected chi connectivity index (χ2v) is 4.77. The van der Waals surface area contributed by atoms with Crippen LogP contribution in [0.1, 0.15) is 18.2 Å². The Morgan fingerprint density at radius 2 is 2.39 bits per heavy atom. The Kier molecular flexibility index (Phi) is 3.81. The van der Waals surface area contributed by atoms with E-state index in [1.165, 1.54) is 10.8 Å². The normalized spacial score (nSPS) is 27.8. The average molecular weight is 272 g/mol. The van der Waals surface area contributed by atoms with Crippen molar-refractivity contribution in [2.24, 2.45) is 0 Å². The van der Waals surface area contributed by atoms with E-state index < -0.39 is 23.6 Å². The minimum Gasteiger partial charge on any atom is -0.422 e. The molecule has 0 amide bonds. The smallest absolute Gasteiger partial charge is 0.330 e. The highest BCUT2D eigenvalue weighted by Gasteiger charge is 2.36. The van der Waals surface area contributed by atoms with Crippen LogP contribution in [0.2, 0.25) is 0 Å². The Labute approximate surface area is 106 Å². The van der Waals surface area contributed by atoms with Gasteiger partial charge in [-0.15, -0.1) is 0 Å². The zero-order valence-corrected chi connectivity index (χ0v) is 12.3. The number of nitrogens with zero attached hydrogens (tertiary/aromatic N) is 1. The van der Waals surface area contributed by atoms with Crippen molar-refractivity contribution in [1.29, 1.82) is 0 Å². The summed E-state index contributed by atoms with van der Waals surface area (Å²) >= 11 is 0. The number of nitrogens with one attached hydrogen (secondary N) is 1. The van der Waals surface area contributed by atoms with Crippen LogP contribution in [0.15, 0.2) is 15.8 Å². The number of aryl methyl sites for hydroxylation is 1. The molecule has 0 saturated carbocycles. The Hall–Kier alpha value is -1.22. The van der Waals surface area contributed by atoms with Gasteiger partial charge in [0.1, 0.15) is 22.8 Å². The van der Waals surface area contributed by atoms with Crippen LogP contribution in [0, 0.1) is 6.92 Å². The summed E-state index contributed by atoms with van der Waals surface area (Å²) in [5.41, 5.74) is -0.473. The molecule has 1 saturated heterocycles. The van der Waals surface area contributed by atoms with Crippen molar-refractivity contribution in [3.8, 4) is 0 Å². The van der Waals surface area contributed by atoms with E-state index >= 15 is 0 Å². The number of rotatable bonds is 3. The van der Waals surface area contributed by atoms with Gasteiger partial charge in [0, 0.05) is 18.2 Å². The second kappa shape index (κ2) is 5.18. The number of aromatic nitrogens is 2. The molecule has 0 aliphatic carbocycles. The van der Waals surface area contributed by atoms with Gasteiger partial charge in [-0.05, 0) is 6.92 Å². The molecule has 1 aliphatic heterocycles. The fourth-order valence-corrected chi connectivity index (χ4v) is 2.58. The number of aliphatic hydroxyl groups excluding tert-OH is 1. The van der Waals surface area contributed by atoms with E-state index in [4.69, 9.17) is 14.3 Å². The fraction of sp³-hybridized carbons (Fsp3) is 0.600. The lowest BCUT2D eigenvalue weighted by atomic mass is 10.2. The molecule has 1 fully saturated rings. The van der Waals surface area contributed by atoms with Gasteiger partial charge in [0.2, 0.25) is 0 Å². The lowest BCUT2D eigenvalue weighted by molar-refractivity contribution is -0.0414. The molecule has 1 aromatic heterocycles. The van der Waals surface area contributed by atoms with Crippen LogP contribution in [0.25, 0.3) is 0 Å². The average Bonchev–Trinajstić information content (AvgIpc) is 2.76. The number of hydrogen-bond donors (Lipinski definition) is 2. The predicted octanol–water partition coefficient (Wildman–Crippen LogP) is -2.21. The topological polar surface area (TPSA) is 93.6 Å². The zero-order chi connectivity index (χ0) is 13.3. The Balaban J connectivity index is 2.31. The summed E-state index contributed by atoms with van der Waals surface area (Å²) in [4.78, 5) is 25.2. The van der Waals surface area contributed by atoms with Gasteiger partial charge in [-0.3, -0.25) is 14.3 Å². The maximum Gasteiger partial charge on any atom is 0.330 e. The first-order valence-corrected chi connectivity index (χ1v) is 6.49. The predicted molar refractivity (Wildman–Crippen MR) is 66.5 cm³/mol. The quantitative estimate of drug-likeness (QED) is 0.609. The Bertz CT molecular complexity index is 528. The molecule has 0 bridgehead atoms. The maximum atomic E-state index is 11.7. The van der Waals surface area contributed by atoms with Gasteiger partial charge in [0.25, 0.3) is 5.56 Å². The van der Waals surface area contributed by atoms with Crippen molar-refractivity contribution >= 4 is 10.5 Å². The lowest BCUT2D eigenvalue weighted by Gasteiger charge is -2.15. The van der Waals surface area contributed by atoms with E-state index in [0.29, 0.717) is 22.5 Å². The van der Waals surface area contributed by atoms with E-state index in [-0.39, 0.29) is 12.7 Å². The minimum absolute atomic E-state index is 0.152. The van der Waals surface area contributed by atoms with Crippen LogP contribution in [0.4, 0.5) is 0 Å². The summed E-state index contributed by atoms with van der Waals surface area (Å²) in [6, 6.07) is 0. The van der Waals surface area contributed by atoms with E-state index in [1.54, 1.807) is 6.92 Å². The van der Waals surface area contributed by atoms with Crippen LogP contribution < -0.4 is 11.2 Å². The van der Waals surface area contributed by atoms with E-state index in [2.05, 4.69) is 4.98 Å². The van der Waals surface area contributed by atoms with Crippen molar-refractivity contribution in [3.63, 3.8) is 0 Å². The largest absolute Gasteiger partial charge is 0.422 e. The fourth-order valence-electron chi connectivity index (χ4n) is 2.08. The monoisotopic (exact) mass is 272 g/mol. The molecule has 0 radical (unpaired) electrons. The number of aliphatic hydroxyl groups is 1. The lowest BCUT2D eigenvalue weighted by Crippen LogP contribution is -2.33. The molecular formula is C10H16N2O5Si. The van der Waals surface area contributed by atoms with Crippen molar-refractivity contribution in [3.05, 3.63) is 32.6 Å². The SMILES string of the molecule is Cc1cn([C@H]2CC(O[SiH3])[C@@H](CO)O2)c(=O)[nH]c1=O. The summed E-state index contributed by atoms with van der Waals surface area (Å²) in [5.74, 6) is 0. The van der Waals surface area contributed by atoms with Crippen LogP contribution in [-0.4, -0.2) is 44.0 Å². The molecule has 2 heterocycles. The van der Waals surface area contributed by atoms with Crippen molar-refractivity contribution in [2.45, 2.75) is 31.8 Å². The van der Waals surface area contributed by atoms with Gasteiger partial charge in [-0.1, -0.05) is 0 Å². The summed E-state index contributed by atoms with van der Waals surface area (Å²) in [7, 11) is 0.537. The highest BCUT2D eigenvalue weighted by atomic mass is 28.2. The van der Waals surface area contributed by atoms with Crippen molar-refractivity contribution < 1.29 is 14.3 Å². The maximum absolute atomic E-state index is 11.7. The molecular weight excluding hydrogens is 256 g/mol. The molecule has 3 atom stereocenters. The first-order chi connectivity index (χ1) is 8.56.